The van der Waals surface area contributed by atoms with Gasteiger partial charge in [-0.15, -0.1) is 11.3 Å². The van der Waals surface area contributed by atoms with Crippen molar-refractivity contribution in [2.75, 3.05) is 0 Å². The van der Waals surface area contributed by atoms with Crippen molar-refractivity contribution in [2.45, 2.75) is 44.4 Å². The summed E-state index contributed by atoms with van der Waals surface area (Å²) in [6.45, 7) is 7.76. The number of carboxylic acids is 1. The summed E-state index contributed by atoms with van der Waals surface area (Å²) >= 11 is 1.05. The number of hydrogen-bond donors (Lipinski definition) is 2. The molecule has 0 aromatic carbocycles. The van der Waals surface area contributed by atoms with E-state index in [1.165, 1.54) is 20.0 Å². The number of hydrogen-bond acceptors (Lipinski definition) is 5. The Kier molecular flexibility index (Phi) is 4.09. The summed E-state index contributed by atoms with van der Waals surface area (Å²) in [4.78, 5) is 15.1. The SMILES string of the molecule is Cc1ncc(S(=O)(=O)NC(C)(C)C(C)(C)C(=O)O)s1. The van der Waals surface area contributed by atoms with Crippen LogP contribution in [0.4, 0.5) is 0 Å². The zero-order valence-electron chi connectivity index (χ0n) is 11.5. The van der Waals surface area contributed by atoms with Gasteiger partial charge in [0.25, 0.3) is 10.0 Å². The maximum Gasteiger partial charge on any atom is 0.310 e. The number of carboxylic acid groups (broad SMARTS) is 1. The number of nitrogens with zero attached hydrogens (tertiary/aromatic N) is 1. The zero-order chi connectivity index (χ0) is 15.1. The molecule has 1 aromatic rings. The molecule has 0 fully saturated rings. The minimum atomic E-state index is -3.77. The lowest BCUT2D eigenvalue weighted by molar-refractivity contribution is -0.150. The molecule has 108 valence electrons. The minimum absolute atomic E-state index is 0.0827. The highest BCUT2D eigenvalue weighted by Crippen LogP contribution is 2.32. The molecule has 8 heteroatoms. The Balaban J connectivity index is 3.11. The Morgan fingerprint density at radius 1 is 1.37 bits per heavy atom. The number of aryl methyl sites for hydroxylation is 1. The Bertz CT molecular complexity index is 588. The van der Waals surface area contributed by atoms with Crippen LogP contribution in [0.1, 0.15) is 32.7 Å². The molecule has 19 heavy (non-hydrogen) atoms. The van der Waals surface area contributed by atoms with E-state index in [-0.39, 0.29) is 4.21 Å². The fourth-order valence-corrected chi connectivity index (χ4v) is 3.89. The van der Waals surface area contributed by atoms with Crippen LogP contribution < -0.4 is 4.72 Å². The molecule has 0 unspecified atom stereocenters. The van der Waals surface area contributed by atoms with Crippen LogP contribution in [0.5, 0.6) is 0 Å². The summed E-state index contributed by atoms with van der Waals surface area (Å²) in [5, 5.41) is 9.84. The summed E-state index contributed by atoms with van der Waals surface area (Å²) in [5.74, 6) is -1.07. The van der Waals surface area contributed by atoms with E-state index >= 15 is 0 Å². The predicted molar refractivity (Wildman–Crippen MR) is 72.7 cm³/mol. The lowest BCUT2D eigenvalue weighted by Crippen LogP contribution is -2.56. The average molecular weight is 306 g/mol. The molecular formula is C11H18N2O4S2. The first kappa shape index (κ1) is 16.1. The Hall–Kier alpha value is -0.990. The first-order valence-corrected chi connectivity index (χ1v) is 7.90. The molecule has 0 radical (unpaired) electrons. The zero-order valence-corrected chi connectivity index (χ0v) is 13.1. The van der Waals surface area contributed by atoms with Crippen LogP contribution in [0.2, 0.25) is 0 Å². The van der Waals surface area contributed by atoms with E-state index in [1.54, 1.807) is 20.8 Å². The van der Waals surface area contributed by atoms with Gasteiger partial charge in [-0.05, 0) is 34.6 Å². The van der Waals surface area contributed by atoms with E-state index < -0.39 is 26.9 Å². The first-order chi connectivity index (χ1) is 8.40. The highest BCUT2D eigenvalue weighted by molar-refractivity contribution is 7.91. The molecule has 0 saturated heterocycles. The van der Waals surface area contributed by atoms with E-state index in [9.17, 15) is 18.3 Å². The molecule has 0 amide bonds. The van der Waals surface area contributed by atoms with E-state index in [1.807, 2.05) is 0 Å². The van der Waals surface area contributed by atoms with Gasteiger partial charge in [0, 0.05) is 5.54 Å². The van der Waals surface area contributed by atoms with Gasteiger partial charge < -0.3 is 5.11 Å². The van der Waals surface area contributed by atoms with Gasteiger partial charge >= 0.3 is 5.97 Å². The van der Waals surface area contributed by atoms with Gasteiger partial charge in [-0.2, -0.15) is 0 Å². The van der Waals surface area contributed by atoms with Crippen LogP contribution in [0.3, 0.4) is 0 Å². The van der Waals surface area contributed by atoms with E-state index in [4.69, 9.17) is 0 Å². The monoisotopic (exact) mass is 306 g/mol. The third-order valence-corrected chi connectivity index (χ3v) is 6.38. The van der Waals surface area contributed by atoms with E-state index in [0.717, 1.165) is 11.3 Å². The number of carbonyl (C=O) groups is 1. The van der Waals surface area contributed by atoms with Crippen molar-refractivity contribution in [2.24, 2.45) is 5.41 Å². The highest BCUT2D eigenvalue weighted by Gasteiger charge is 2.46. The van der Waals surface area contributed by atoms with Gasteiger partial charge in [0.15, 0.2) is 4.21 Å². The van der Waals surface area contributed by atoms with Gasteiger partial charge in [0.2, 0.25) is 0 Å². The van der Waals surface area contributed by atoms with Crippen LogP contribution in [-0.4, -0.2) is 30.0 Å². The Morgan fingerprint density at radius 2 is 1.89 bits per heavy atom. The molecule has 0 aliphatic carbocycles. The third-order valence-electron chi connectivity index (χ3n) is 3.35. The maximum absolute atomic E-state index is 12.2. The number of aliphatic carboxylic acids is 1. The molecule has 1 rings (SSSR count). The first-order valence-electron chi connectivity index (χ1n) is 5.60. The fourth-order valence-electron chi connectivity index (χ4n) is 1.25. The Labute approximate surface area is 116 Å². The molecule has 0 aliphatic heterocycles. The predicted octanol–water partition coefficient (Wildman–Crippen LogP) is 1.62. The van der Waals surface area contributed by atoms with Crippen LogP contribution in [0, 0.1) is 12.3 Å². The second-order valence-electron chi connectivity index (χ2n) is 5.36. The van der Waals surface area contributed by atoms with Crippen molar-refractivity contribution in [3.05, 3.63) is 11.2 Å². The summed E-state index contributed by atoms with van der Waals surface area (Å²) in [7, 11) is -3.77. The second-order valence-corrected chi connectivity index (χ2v) is 8.50. The van der Waals surface area contributed by atoms with Crippen molar-refractivity contribution >= 4 is 27.3 Å². The molecule has 1 heterocycles. The smallest absolute Gasteiger partial charge is 0.310 e. The molecule has 0 spiro atoms. The lowest BCUT2D eigenvalue weighted by Gasteiger charge is -2.38. The van der Waals surface area contributed by atoms with Crippen molar-refractivity contribution in [1.29, 1.82) is 0 Å². The van der Waals surface area contributed by atoms with Crippen LogP contribution >= 0.6 is 11.3 Å². The number of nitrogens with one attached hydrogen (secondary N) is 1. The quantitative estimate of drug-likeness (QED) is 0.861. The number of rotatable bonds is 5. The largest absolute Gasteiger partial charge is 0.481 e. The number of aromatic nitrogens is 1. The normalized spacial score (nSPS) is 13.5. The topological polar surface area (TPSA) is 96.4 Å². The second kappa shape index (κ2) is 4.84. The molecule has 0 aliphatic rings. The van der Waals surface area contributed by atoms with Gasteiger partial charge in [-0.3, -0.25) is 4.79 Å². The fraction of sp³-hybridized carbons (Fsp3) is 0.636. The lowest BCUT2D eigenvalue weighted by atomic mass is 9.75. The Morgan fingerprint density at radius 3 is 2.26 bits per heavy atom. The van der Waals surface area contributed by atoms with E-state index in [0.29, 0.717) is 5.01 Å². The molecule has 2 N–H and O–H groups in total. The van der Waals surface area contributed by atoms with Gasteiger partial charge in [-0.1, -0.05) is 0 Å². The molecule has 0 bridgehead atoms. The van der Waals surface area contributed by atoms with Gasteiger partial charge in [0.1, 0.15) is 0 Å². The van der Waals surface area contributed by atoms with Crippen molar-refractivity contribution in [1.82, 2.24) is 9.71 Å². The minimum Gasteiger partial charge on any atom is -0.481 e. The van der Waals surface area contributed by atoms with Gasteiger partial charge in [-0.25, -0.2) is 18.1 Å². The number of sulfonamides is 1. The van der Waals surface area contributed by atoms with Crippen molar-refractivity contribution in [3.63, 3.8) is 0 Å². The molecular weight excluding hydrogens is 288 g/mol. The van der Waals surface area contributed by atoms with Crippen LogP contribution in [-0.2, 0) is 14.8 Å². The summed E-state index contributed by atoms with van der Waals surface area (Å²) in [6.07, 6.45) is 1.27. The highest BCUT2D eigenvalue weighted by atomic mass is 32.2. The number of thiazole rings is 1. The molecule has 1 aromatic heterocycles. The van der Waals surface area contributed by atoms with Crippen molar-refractivity contribution in [3.8, 4) is 0 Å². The van der Waals surface area contributed by atoms with Crippen LogP contribution in [0.25, 0.3) is 0 Å². The van der Waals surface area contributed by atoms with Crippen LogP contribution in [0.15, 0.2) is 10.4 Å². The summed E-state index contributed by atoms with van der Waals surface area (Å²) in [5.41, 5.74) is -2.39. The summed E-state index contributed by atoms with van der Waals surface area (Å²) < 4.78 is 26.9. The maximum atomic E-state index is 12.2. The standard InChI is InChI=1S/C11H18N2O4S2/c1-7-12-6-8(18-7)19(16,17)13-11(4,5)10(2,3)9(14)15/h6,13H,1-5H3,(H,14,15). The molecule has 0 saturated carbocycles. The third kappa shape index (κ3) is 3.13. The van der Waals surface area contributed by atoms with Gasteiger partial charge in [0.05, 0.1) is 16.6 Å². The van der Waals surface area contributed by atoms with Crippen molar-refractivity contribution < 1.29 is 18.3 Å². The van der Waals surface area contributed by atoms with E-state index in [2.05, 4.69) is 9.71 Å². The average Bonchev–Trinajstić information content (AvgIpc) is 2.63. The molecule has 6 nitrogen and oxygen atoms in total. The molecule has 0 atom stereocenters. The summed E-state index contributed by atoms with van der Waals surface area (Å²) in [6, 6.07) is 0.